The lowest BCUT2D eigenvalue weighted by Gasteiger charge is -2.31. The molecule has 1 N–H and O–H groups in total. The van der Waals surface area contributed by atoms with Crippen LogP contribution >= 0.6 is 0 Å². The van der Waals surface area contributed by atoms with Crippen molar-refractivity contribution in [2.45, 2.75) is 64.3 Å². The van der Waals surface area contributed by atoms with Gasteiger partial charge in [0.1, 0.15) is 11.6 Å². The van der Waals surface area contributed by atoms with Crippen LogP contribution in [0.5, 0.6) is 5.75 Å². The fourth-order valence-corrected chi connectivity index (χ4v) is 5.91. The summed E-state index contributed by atoms with van der Waals surface area (Å²) < 4.78 is 21.0. The molecule has 0 bridgehead atoms. The predicted octanol–water partition coefficient (Wildman–Crippen LogP) is 4.64. The molecule has 2 atom stereocenters. The largest absolute Gasteiger partial charge is 0.493 e. The Morgan fingerprint density at radius 3 is 2.58 bits per heavy atom. The number of aliphatic hydroxyl groups is 1. The highest BCUT2D eigenvalue weighted by Crippen LogP contribution is 2.35. The monoisotopic (exact) mass is 522 g/mol. The molecule has 0 saturated carbocycles. The summed E-state index contributed by atoms with van der Waals surface area (Å²) in [5.41, 5.74) is 2.70. The Balaban J connectivity index is 1.10. The van der Waals surface area contributed by atoms with Crippen molar-refractivity contribution in [2.24, 2.45) is 11.8 Å². The first-order valence-corrected chi connectivity index (χ1v) is 14.1. The molecular weight excluding hydrogens is 483 g/mol. The van der Waals surface area contributed by atoms with Gasteiger partial charge in [-0.3, -0.25) is 4.79 Å². The second kappa shape index (κ2) is 12.2. The van der Waals surface area contributed by atoms with Crippen LogP contribution in [-0.4, -0.2) is 64.8 Å². The molecule has 5 rings (SSSR count). The highest BCUT2D eigenvalue weighted by atomic mass is 19.1. The van der Waals surface area contributed by atoms with E-state index in [-0.39, 0.29) is 30.3 Å². The number of anilines is 1. The van der Waals surface area contributed by atoms with Crippen LogP contribution in [0.3, 0.4) is 0 Å². The van der Waals surface area contributed by atoms with Crippen LogP contribution in [0.4, 0.5) is 10.3 Å². The number of carbonyl (C=O) groups is 1. The molecule has 2 unspecified atom stereocenters. The van der Waals surface area contributed by atoms with E-state index in [9.17, 15) is 9.90 Å². The van der Waals surface area contributed by atoms with Crippen molar-refractivity contribution in [2.75, 3.05) is 37.7 Å². The lowest BCUT2D eigenvalue weighted by Crippen LogP contribution is -2.41. The second-order valence-electron chi connectivity index (χ2n) is 10.8. The summed E-state index contributed by atoms with van der Waals surface area (Å²) in [5.74, 6) is 1.54. The third-order valence-electron chi connectivity index (χ3n) is 8.40. The topological polar surface area (TPSA) is 78.8 Å². The maximum Gasteiger partial charge on any atom is 0.226 e. The number of aromatic nitrogens is 2. The first-order valence-electron chi connectivity index (χ1n) is 14.1. The molecule has 7 nitrogen and oxygen atoms in total. The molecule has 38 heavy (non-hydrogen) atoms. The molecule has 3 heterocycles. The molecule has 0 radical (unpaired) electrons. The minimum absolute atomic E-state index is 0.0286. The standard InChI is InChI=1S/C30H39FN4O3/c1-2-21-17-32-30(33-18-21)34-14-11-22(12-15-34)20-38-26-9-10-27(28(31)16-26)23-5-7-24(8-6-23)29(37)35-13-3-4-25(35)19-36/h5,9-10,16-18,22,24-25,36H,2-4,6-8,11-15,19-20H2,1H3. The van der Waals surface area contributed by atoms with Crippen molar-refractivity contribution in [3.05, 3.63) is 53.6 Å². The van der Waals surface area contributed by atoms with Gasteiger partial charge in [0.25, 0.3) is 0 Å². The zero-order chi connectivity index (χ0) is 26.5. The van der Waals surface area contributed by atoms with E-state index in [1.165, 1.54) is 6.07 Å². The lowest BCUT2D eigenvalue weighted by atomic mass is 9.85. The number of nitrogens with zero attached hydrogens (tertiary/aromatic N) is 4. The van der Waals surface area contributed by atoms with Crippen molar-refractivity contribution < 1.29 is 19.0 Å². The van der Waals surface area contributed by atoms with Crippen molar-refractivity contribution in [3.8, 4) is 5.75 Å². The van der Waals surface area contributed by atoms with Crippen molar-refractivity contribution in [1.29, 1.82) is 0 Å². The molecule has 2 aromatic rings. The van der Waals surface area contributed by atoms with Gasteiger partial charge in [-0.15, -0.1) is 0 Å². The Bertz CT molecular complexity index is 1130. The number of hydrogen-bond acceptors (Lipinski definition) is 6. The van der Waals surface area contributed by atoms with Crippen LogP contribution in [0.25, 0.3) is 5.57 Å². The fraction of sp³-hybridized carbons (Fsp3) is 0.567. The smallest absolute Gasteiger partial charge is 0.226 e. The molecule has 1 amide bonds. The molecule has 204 valence electrons. The average molecular weight is 523 g/mol. The van der Waals surface area contributed by atoms with Crippen LogP contribution < -0.4 is 9.64 Å². The van der Waals surface area contributed by atoms with Gasteiger partial charge in [-0.05, 0) is 80.6 Å². The fourth-order valence-electron chi connectivity index (χ4n) is 5.91. The number of allylic oxidation sites excluding steroid dienone is 2. The average Bonchev–Trinajstić information content (AvgIpc) is 3.45. The summed E-state index contributed by atoms with van der Waals surface area (Å²) in [5, 5.41) is 9.54. The van der Waals surface area contributed by atoms with Crippen LogP contribution in [0.1, 0.15) is 63.0 Å². The molecular formula is C30H39FN4O3. The number of aryl methyl sites for hydroxylation is 1. The van der Waals surface area contributed by atoms with E-state index in [2.05, 4.69) is 21.8 Å². The molecule has 2 saturated heterocycles. The van der Waals surface area contributed by atoms with E-state index < -0.39 is 0 Å². The molecule has 3 aliphatic rings. The van der Waals surface area contributed by atoms with Gasteiger partial charge in [-0.2, -0.15) is 0 Å². The highest BCUT2D eigenvalue weighted by molar-refractivity contribution is 5.81. The minimum atomic E-state index is -0.277. The first-order chi connectivity index (χ1) is 18.6. The van der Waals surface area contributed by atoms with Crippen molar-refractivity contribution in [1.82, 2.24) is 14.9 Å². The number of rotatable bonds is 8. The Hall–Kier alpha value is -3.00. The van der Waals surface area contributed by atoms with Gasteiger partial charge in [0.05, 0.1) is 19.3 Å². The maximum absolute atomic E-state index is 15.0. The number of amides is 1. The first kappa shape index (κ1) is 26.6. The third-order valence-corrected chi connectivity index (χ3v) is 8.40. The summed E-state index contributed by atoms with van der Waals surface area (Å²) in [6.07, 6.45) is 12.6. The molecule has 1 aromatic carbocycles. The van der Waals surface area contributed by atoms with Crippen LogP contribution in [0.2, 0.25) is 0 Å². The number of aliphatic hydroxyl groups excluding tert-OH is 1. The normalized spacial score (nSPS) is 22.4. The molecule has 2 aliphatic heterocycles. The quantitative estimate of drug-likeness (QED) is 0.544. The zero-order valence-electron chi connectivity index (χ0n) is 22.3. The van der Waals surface area contributed by atoms with E-state index in [1.54, 1.807) is 6.07 Å². The number of benzene rings is 1. The Kier molecular flexibility index (Phi) is 8.57. The van der Waals surface area contributed by atoms with Crippen molar-refractivity contribution >= 4 is 17.4 Å². The number of halogens is 1. The molecule has 8 heteroatoms. The highest BCUT2D eigenvalue weighted by Gasteiger charge is 2.33. The third kappa shape index (κ3) is 6.01. The number of carbonyl (C=O) groups excluding carboxylic acids is 1. The summed E-state index contributed by atoms with van der Waals surface area (Å²) >= 11 is 0. The Morgan fingerprint density at radius 1 is 1.13 bits per heavy atom. The molecule has 0 spiro atoms. The van der Waals surface area contributed by atoms with Gasteiger partial charge in [0.2, 0.25) is 11.9 Å². The number of piperidine rings is 1. The van der Waals surface area contributed by atoms with Gasteiger partial charge in [-0.25, -0.2) is 14.4 Å². The van der Waals surface area contributed by atoms with Crippen LogP contribution in [0, 0.1) is 17.7 Å². The van der Waals surface area contributed by atoms with Crippen LogP contribution in [-0.2, 0) is 11.2 Å². The molecule has 2 fully saturated rings. The maximum atomic E-state index is 15.0. The van der Waals surface area contributed by atoms with Gasteiger partial charge in [0, 0.05) is 49.6 Å². The van der Waals surface area contributed by atoms with E-state index in [4.69, 9.17) is 4.74 Å². The summed E-state index contributed by atoms with van der Waals surface area (Å²) in [6, 6.07) is 5.10. The Labute approximate surface area is 224 Å². The molecule has 1 aromatic heterocycles. The predicted molar refractivity (Wildman–Crippen MR) is 145 cm³/mol. The number of ether oxygens (including phenoxy) is 1. The Morgan fingerprint density at radius 2 is 1.92 bits per heavy atom. The lowest BCUT2D eigenvalue weighted by molar-refractivity contribution is -0.137. The van der Waals surface area contributed by atoms with Crippen LogP contribution in [0.15, 0.2) is 36.7 Å². The zero-order valence-corrected chi connectivity index (χ0v) is 22.3. The minimum Gasteiger partial charge on any atom is -0.493 e. The van der Waals surface area contributed by atoms with Gasteiger partial charge in [0.15, 0.2) is 0 Å². The summed E-state index contributed by atoms with van der Waals surface area (Å²) in [7, 11) is 0. The SMILES string of the molecule is CCc1cnc(N2CCC(COc3ccc(C4=CCC(C(=O)N5CCCC5CO)CC4)c(F)c3)CC2)nc1. The van der Waals surface area contributed by atoms with E-state index >= 15 is 4.39 Å². The summed E-state index contributed by atoms with van der Waals surface area (Å²) in [6.45, 7) is 5.21. The van der Waals surface area contributed by atoms with Gasteiger partial charge < -0.3 is 19.6 Å². The number of hydrogen-bond donors (Lipinski definition) is 1. The van der Waals surface area contributed by atoms with E-state index in [0.29, 0.717) is 43.1 Å². The van der Waals surface area contributed by atoms with Crippen molar-refractivity contribution in [3.63, 3.8) is 0 Å². The van der Waals surface area contributed by atoms with E-state index in [1.807, 2.05) is 29.4 Å². The molecule has 1 aliphatic carbocycles. The van der Waals surface area contributed by atoms with E-state index in [0.717, 1.165) is 68.8 Å². The number of likely N-dealkylation sites (tertiary alicyclic amines) is 1. The van der Waals surface area contributed by atoms with Gasteiger partial charge in [-0.1, -0.05) is 13.0 Å². The van der Waals surface area contributed by atoms with Gasteiger partial charge >= 0.3 is 0 Å². The summed E-state index contributed by atoms with van der Waals surface area (Å²) in [4.78, 5) is 26.0. The second-order valence-corrected chi connectivity index (χ2v) is 10.8.